The molecule has 2 aliphatic carbocycles. The van der Waals surface area contributed by atoms with Gasteiger partial charge in [-0.1, -0.05) is 25.7 Å². The van der Waals surface area contributed by atoms with E-state index in [-0.39, 0.29) is 12.4 Å². The Bertz CT molecular complexity index is 240. The molecule has 0 spiro atoms. The van der Waals surface area contributed by atoms with Crippen molar-refractivity contribution in [1.82, 2.24) is 4.90 Å². The van der Waals surface area contributed by atoms with Crippen molar-refractivity contribution in [2.75, 3.05) is 19.6 Å². The zero-order valence-electron chi connectivity index (χ0n) is 10.8. The third-order valence-electron chi connectivity index (χ3n) is 5.32. The molecule has 1 aliphatic heterocycles. The molecule has 0 aromatic heterocycles. The molecule has 3 rings (SSSR count). The number of nitrogens with zero attached hydrogens (tertiary/aromatic N) is 1. The molecule has 2 nitrogen and oxygen atoms in total. The van der Waals surface area contributed by atoms with Gasteiger partial charge in [-0.05, 0) is 43.6 Å². The van der Waals surface area contributed by atoms with E-state index in [0.29, 0.717) is 6.04 Å². The second kappa shape index (κ2) is 5.90. The highest BCUT2D eigenvalue weighted by Crippen LogP contribution is 2.37. The van der Waals surface area contributed by atoms with Crippen LogP contribution in [-0.4, -0.2) is 30.6 Å². The zero-order valence-corrected chi connectivity index (χ0v) is 11.6. The van der Waals surface area contributed by atoms with Gasteiger partial charge in [0.25, 0.3) is 0 Å². The van der Waals surface area contributed by atoms with Gasteiger partial charge in [0.1, 0.15) is 0 Å². The first-order chi connectivity index (χ1) is 7.83. The quantitative estimate of drug-likeness (QED) is 0.843. The van der Waals surface area contributed by atoms with Crippen molar-refractivity contribution in [3.8, 4) is 0 Å². The van der Waals surface area contributed by atoms with E-state index in [2.05, 4.69) is 4.90 Å². The maximum Gasteiger partial charge on any atom is 0.00826 e. The van der Waals surface area contributed by atoms with Crippen LogP contribution in [0.2, 0.25) is 0 Å². The molecule has 2 N–H and O–H groups in total. The lowest BCUT2D eigenvalue weighted by Gasteiger charge is -2.20. The van der Waals surface area contributed by atoms with Gasteiger partial charge in [-0.2, -0.15) is 0 Å². The molecule has 0 radical (unpaired) electrons. The maximum atomic E-state index is 6.17. The van der Waals surface area contributed by atoms with E-state index in [1.54, 1.807) is 0 Å². The second-order valence-corrected chi connectivity index (χ2v) is 6.36. The first kappa shape index (κ1) is 13.6. The first-order valence-corrected chi connectivity index (χ1v) is 7.31. The molecule has 3 unspecified atom stereocenters. The molecule has 17 heavy (non-hydrogen) atoms. The minimum absolute atomic E-state index is 0. The third-order valence-corrected chi connectivity index (χ3v) is 5.32. The Morgan fingerprint density at radius 1 is 1.00 bits per heavy atom. The van der Waals surface area contributed by atoms with E-state index in [1.807, 2.05) is 0 Å². The van der Waals surface area contributed by atoms with Gasteiger partial charge in [0.05, 0.1) is 0 Å². The SMILES string of the molecule is Cl.NC1CCC2CN(CCC3CCCC3)CC12. The normalized spacial score (nSPS) is 38.3. The molecule has 3 heteroatoms. The standard InChI is InChI=1S/C14H26N2.ClH/c15-14-6-5-12-9-16(10-13(12)14)8-7-11-3-1-2-4-11;/h11-14H,1-10,15H2;1H. The molecule has 3 atom stereocenters. The van der Waals surface area contributed by atoms with E-state index in [0.717, 1.165) is 17.8 Å². The van der Waals surface area contributed by atoms with Gasteiger partial charge in [0, 0.05) is 19.1 Å². The van der Waals surface area contributed by atoms with Gasteiger partial charge < -0.3 is 10.6 Å². The van der Waals surface area contributed by atoms with Crippen LogP contribution in [0, 0.1) is 17.8 Å². The summed E-state index contributed by atoms with van der Waals surface area (Å²) >= 11 is 0. The number of fused-ring (bicyclic) bond motifs is 1. The van der Waals surface area contributed by atoms with Crippen LogP contribution in [-0.2, 0) is 0 Å². The number of hydrogen-bond donors (Lipinski definition) is 1. The summed E-state index contributed by atoms with van der Waals surface area (Å²) in [4.78, 5) is 2.70. The van der Waals surface area contributed by atoms with Crippen molar-refractivity contribution in [2.24, 2.45) is 23.5 Å². The van der Waals surface area contributed by atoms with Gasteiger partial charge in [0.2, 0.25) is 0 Å². The Balaban J connectivity index is 0.00000108. The highest BCUT2D eigenvalue weighted by molar-refractivity contribution is 5.85. The lowest BCUT2D eigenvalue weighted by Crippen LogP contribution is -2.31. The summed E-state index contributed by atoms with van der Waals surface area (Å²) in [6.45, 7) is 4.01. The summed E-state index contributed by atoms with van der Waals surface area (Å²) in [6, 6.07) is 0.515. The summed E-state index contributed by atoms with van der Waals surface area (Å²) in [5.41, 5.74) is 6.17. The minimum Gasteiger partial charge on any atom is -0.327 e. The Morgan fingerprint density at radius 2 is 1.76 bits per heavy atom. The van der Waals surface area contributed by atoms with Gasteiger partial charge in [-0.25, -0.2) is 0 Å². The van der Waals surface area contributed by atoms with Crippen LogP contribution < -0.4 is 5.73 Å². The fraction of sp³-hybridized carbons (Fsp3) is 1.00. The number of rotatable bonds is 3. The smallest absolute Gasteiger partial charge is 0.00826 e. The lowest BCUT2D eigenvalue weighted by atomic mass is 9.98. The van der Waals surface area contributed by atoms with Crippen molar-refractivity contribution in [1.29, 1.82) is 0 Å². The maximum absolute atomic E-state index is 6.17. The van der Waals surface area contributed by atoms with E-state index >= 15 is 0 Å². The van der Waals surface area contributed by atoms with E-state index in [1.165, 1.54) is 64.6 Å². The highest BCUT2D eigenvalue weighted by Gasteiger charge is 2.40. The van der Waals surface area contributed by atoms with Crippen molar-refractivity contribution >= 4 is 12.4 Å². The molecule has 0 bridgehead atoms. The fourth-order valence-corrected chi connectivity index (χ4v) is 4.25. The zero-order chi connectivity index (χ0) is 11.0. The Kier molecular flexibility index (Phi) is 4.73. The lowest BCUT2D eigenvalue weighted by molar-refractivity contribution is 0.279. The van der Waals surface area contributed by atoms with Crippen molar-refractivity contribution in [3.05, 3.63) is 0 Å². The largest absolute Gasteiger partial charge is 0.327 e. The fourth-order valence-electron chi connectivity index (χ4n) is 4.25. The van der Waals surface area contributed by atoms with E-state index in [4.69, 9.17) is 5.73 Å². The monoisotopic (exact) mass is 258 g/mol. The minimum atomic E-state index is 0. The number of halogens is 1. The molecule has 100 valence electrons. The topological polar surface area (TPSA) is 29.3 Å². The molecule has 1 heterocycles. The summed E-state index contributed by atoms with van der Waals surface area (Å²) < 4.78 is 0. The summed E-state index contributed by atoms with van der Waals surface area (Å²) in [5.74, 6) is 2.83. The number of likely N-dealkylation sites (tertiary alicyclic amines) is 1. The first-order valence-electron chi connectivity index (χ1n) is 7.31. The molecule has 0 amide bonds. The highest BCUT2D eigenvalue weighted by atomic mass is 35.5. The molecule has 0 aromatic carbocycles. The summed E-state index contributed by atoms with van der Waals surface area (Å²) in [7, 11) is 0. The summed E-state index contributed by atoms with van der Waals surface area (Å²) in [6.07, 6.45) is 10.1. The van der Waals surface area contributed by atoms with Crippen molar-refractivity contribution < 1.29 is 0 Å². The molecule has 0 aromatic rings. The second-order valence-electron chi connectivity index (χ2n) is 6.36. The Hall–Kier alpha value is 0.210. The van der Waals surface area contributed by atoms with Crippen LogP contribution in [0.5, 0.6) is 0 Å². The average molecular weight is 259 g/mol. The van der Waals surface area contributed by atoms with Gasteiger partial charge >= 0.3 is 0 Å². The molecule has 1 saturated heterocycles. The van der Waals surface area contributed by atoms with Crippen LogP contribution in [0.3, 0.4) is 0 Å². The Labute approximate surface area is 112 Å². The third kappa shape index (κ3) is 2.97. The predicted molar refractivity (Wildman–Crippen MR) is 74.5 cm³/mol. The van der Waals surface area contributed by atoms with Crippen LogP contribution in [0.15, 0.2) is 0 Å². The molecular weight excluding hydrogens is 232 g/mol. The van der Waals surface area contributed by atoms with Gasteiger partial charge in [-0.3, -0.25) is 0 Å². The van der Waals surface area contributed by atoms with Crippen molar-refractivity contribution in [2.45, 2.75) is 51.0 Å². The predicted octanol–water partition coefficient (Wildman–Crippen LogP) is 2.66. The van der Waals surface area contributed by atoms with Crippen LogP contribution in [0.1, 0.15) is 44.9 Å². The van der Waals surface area contributed by atoms with Crippen LogP contribution in [0.4, 0.5) is 0 Å². The summed E-state index contributed by atoms with van der Waals surface area (Å²) in [5, 5.41) is 0. The molecule has 2 saturated carbocycles. The van der Waals surface area contributed by atoms with E-state index in [9.17, 15) is 0 Å². The van der Waals surface area contributed by atoms with Gasteiger partial charge in [0.15, 0.2) is 0 Å². The Morgan fingerprint density at radius 3 is 2.47 bits per heavy atom. The molecule has 3 fully saturated rings. The van der Waals surface area contributed by atoms with Crippen LogP contribution in [0.25, 0.3) is 0 Å². The van der Waals surface area contributed by atoms with Crippen LogP contribution >= 0.6 is 12.4 Å². The number of nitrogens with two attached hydrogens (primary N) is 1. The average Bonchev–Trinajstić information content (AvgIpc) is 2.95. The van der Waals surface area contributed by atoms with Crippen molar-refractivity contribution in [3.63, 3.8) is 0 Å². The number of hydrogen-bond acceptors (Lipinski definition) is 2. The molecule has 3 aliphatic rings. The molecular formula is C14H27ClN2. The van der Waals surface area contributed by atoms with E-state index < -0.39 is 0 Å². The van der Waals surface area contributed by atoms with Gasteiger partial charge in [-0.15, -0.1) is 12.4 Å².